The van der Waals surface area contributed by atoms with Crippen LogP contribution in [-0.4, -0.2) is 30.9 Å². The summed E-state index contributed by atoms with van der Waals surface area (Å²) in [7, 11) is 1.56. The number of benzene rings is 2. The van der Waals surface area contributed by atoms with Crippen molar-refractivity contribution in [2.24, 2.45) is 4.99 Å². The van der Waals surface area contributed by atoms with Crippen molar-refractivity contribution in [3.63, 3.8) is 0 Å². The number of rotatable bonds is 8. The van der Waals surface area contributed by atoms with E-state index in [-0.39, 0.29) is 12.2 Å². The topological polar surface area (TPSA) is 79.1 Å². The fourth-order valence-corrected chi connectivity index (χ4v) is 5.06. The number of carbonyl (C=O) groups excluding carboxylic acids is 1. The van der Waals surface area contributed by atoms with Gasteiger partial charge in [-0.05, 0) is 50.1 Å². The number of ether oxygens (including phenoxy) is 3. The second kappa shape index (κ2) is 11.2. The number of thiazole rings is 1. The van der Waals surface area contributed by atoms with Gasteiger partial charge in [-0.1, -0.05) is 59.9 Å². The van der Waals surface area contributed by atoms with E-state index in [1.165, 1.54) is 11.3 Å². The van der Waals surface area contributed by atoms with Gasteiger partial charge >= 0.3 is 5.97 Å². The number of allylic oxidation sites excluding steroid dienone is 2. The van der Waals surface area contributed by atoms with Gasteiger partial charge in [0.25, 0.3) is 5.56 Å². The zero-order chi connectivity index (χ0) is 25.7. The minimum Gasteiger partial charge on any atom is -0.493 e. The summed E-state index contributed by atoms with van der Waals surface area (Å²) in [5.41, 5.74) is 2.32. The molecule has 0 aliphatic carbocycles. The molecule has 0 saturated heterocycles. The van der Waals surface area contributed by atoms with Crippen LogP contribution < -0.4 is 24.4 Å². The first-order valence-corrected chi connectivity index (χ1v) is 12.5. The molecule has 0 saturated carbocycles. The van der Waals surface area contributed by atoms with Crippen molar-refractivity contribution in [1.29, 1.82) is 0 Å². The minimum absolute atomic E-state index is 0.212. The number of hydrogen-bond acceptors (Lipinski definition) is 7. The molecular formula is C28H28N2O5S. The predicted octanol–water partition coefficient (Wildman–Crippen LogP) is 3.87. The Labute approximate surface area is 213 Å². The van der Waals surface area contributed by atoms with E-state index >= 15 is 0 Å². The van der Waals surface area contributed by atoms with Crippen LogP contribution in [0.1, 0.15) is 37.9 Å². The van der Waals surface area contributed by atoms with Crippen molar-refractivity contribution in [3.8, 4) is 11.5 Å². The van der Waals surface area contributed by atoms with Crippen molar-refractivity contribution < 1.29 is 19.0 Å². The maximum atomic E-state index is 13.6. The first kappa shape index (κ1) is 25.2. The van der Waals surface area contributed by atoms with Gasteiger partial charge in [0.05, 0.1) is 42.2 Å². The molecule has 2 aromatic carbocycles. The lowest BCUT2D eigenvalue weighted by atomic mass is 9.95. The SMILES string of the molecule is CCOC(=O)C1=C(C)N=c2s/c(=C\C=C\c3ccccc3)c(=O)n2C1c1ccc(OCC)c(OC)c1. The number of fused-ring (bicyclic) bond motifs is 1. The van der Waals surface area contributed by atoms with Gasteiger partial charge in [-0.15, -0.1) is 0 Å². The Morgan fingerprint density at radius 2 is 1.89 bits per heavy atom. The lowest BCUT2D eigenvalue weighted by molar-refractivity contribution is -0.139. The number of aromatic nitrogens is 1. The van der Waals surface area contributed by atoms with Gasteiger partial charge in [-0.2, -0.15) is 0 Å². The molecule has 1 atom stereocenters. The number of esters is 1. The highest BCUT2D eigenvalue weighted by Gasteiger charge is 2.33. The van der Waals surface area contributed by atoms with Crippen LogP contribution in [0, 0.1) is 0 Å². The van der Waals surface area contributed by atoms with Crippen molar-refractivity contribution in [3.05, 3.63) is 96.7 Å². The number of carbonyl (C=O) groups is 1. The number of nitrogens with zero attached hydrogens (tertiary/aromatic N) is 2. The molecule has 1 aliphatic heterocycles. The first-order valence-electron chi connectivity index (χ1n) is 11.7. The van der Waals surface area contributed by atoms with Crippen molar-refractivity contribution in [1.82, 2.24) is 4.57 Å². The van der Waals surface area contributed by atoms with E-state index in [9.17, 15) is 9.59 Å². The van der Waals surface area contributed by atoms with Crippen LogP contribution in [0.4, 0.5) is 0 Å². The average Bonchev–Trinajstić information content (AvgIpc) is 3.19. The lowest BCUT2D eigenvalue weighted by Gasteiger charge is -2.25. The zero-order valence-corrected chi connectivity index (χ0v) is 21.5. The molecule has 3 aromatic rings. The molecule has 186 valence electrons. The van der Waals surface area contributed by atoms with Crippen LogP contribution in [0.2, 0.25) is 0 Å². The molecule has 2 heterocycles. The number of hydrogen-bond donors (Lipinski definition) is 0. The Morgan fingerprint density at radius 3 is 2.58 bits per heavy atom. The van der Waals surface area contributed by atoms with Gasteiger partial charge < -0.3 is 14.2 Å². The molecule has 1 aliphatic rings. The standard InChI is InChI=1S/C28H28N2O5S/c1-5-34-21-16-15-20(17-22(21)33-4)25-24(27(32)35-6-2)18(3)29-28-30(25)26(31)23(36-28)14-10-13-19-11-8-7-9-12-19/h7-17,25H,5-6H2,1-4H3/b13-10+,23-14-. The summed E-state index contributed by atoms with van der Waals surface area (Å²) < 4.78 is 18.6. The summed E-state index contributed by atoms with van der Waals surface area (Å²) in [6.45, 7) is 6.09. The van der Waals surface area contributed by atoms with Gasteiger partial charge in [0.1, 0.15) is 0 Å². The Kier molecular flexibility index (Phi) is 7.85. The molecule has 0 radical (unpaired) electrons. The minimum atomic E-state index is -0.717. The highest BCUT2D eigenvalue weighted by atomic mass is 32.1. The molecular weight excluding hydrogens is 476 g/mol. The molecule has 0 N–H and O–H groups in total. The molecule has 7 nitrogen and oxygen atoms in total. The van der Waals surface area contributed by atoms with E-state index in [4.69, 9.17) is 14.2 Å². The first-order chi connectivity index (χ1) is 17.5. The molecule has 0 amide bonds. The van der Waals surface area contributed by atoms with Crippen LogP contribution in [0.15, 0.2) is 75.7 Å². The van der Waals surface area contributed by atoms with Gasteiger partial charge in [0.2, 0.25) is 0 Å². The van der Waals surface area contributed by atoms with Crippen molar-refractivity contribution in [2.75, 3.05) is 20.3 Å². The van der Waals surface area contributed by atoms with Crippen LogP contribution >= 0.6 is 11.3 Å². The number of methoxy groups -OCH3 is 1. The third-order valence-corrected chi connectivity index (χ3v) is 6.66. The monoisotopic (exact) mass is 504 g/mol. The molecule has 0 bridgehead atoms. The van der Waals surface area contributed by atoms with E-state index in [2.05, 4.69) is 4.99 Å². The Hall–Kier alpha value is -3.91. The van der Waals surface area contributed by atoms with Gasteiger partial charge in [0, 0.05) is 0 Å². The molecule has 4 rings (SSSR count). The maximum absolute atomic E-state index is 13.6. The second-order valence-electron chi connectivity index (χ2n) is 7.94. The highest BCUT2D eigenvalue weighted by Crippen LogP contribution is 2.36. The quantitative estimate of drug-likeness (QED) is 0.435. The zero-order valence-electron chi connectivity index (χ0n) is 20.7. The summed E-state index contributed by atoms with van der Waals surface area (Å²) in [5.74, 6) is 0.593. The predicted molar refractivity (Wildman–Crippen MR) is 141 cm³/mol. The third-order valence-electron chi connectivity index (χ3n) is 5.66. The Morgan fingerprint density at radius 1 is 1.11 bits per heavy atom. The molecule has 36 heavy (non-hydrogen) atoms. The van der Waals surface area contributed by atoms with E-state index < -0.39 is 12.0 Å². The Balaban J connectivity index is 1.88. The summed E-state index contributed by atoms with van der Waals surface area (Å²) in [6.07, 6.45) is 5.55. The molecule has 0 fully saturated rings. The molecule has 8 heteroatoms. The van der Waals surface area contributed by atoms with E-state index in [0.29, 0.717) is 44.3 Å². The van der Waals surface area contributed by atoms with E-state index in [0.717, 1.165) is 5.56 Å². The van der Waals surface area contributed by atoms with Crippen molar-refractivity contribution in [2.45, 2.75) is 26.8 Å². The van der Waals surface area contributed by atoms with Gasteiger partial charge in [-0.25, -0.2) is 9.79 Å². The summed E-state index contributed by atoms with van der Waals surface area (Å²) >= 11 is 1.28. The fourth-order valence-electron chi connectivity index (χ4n) is 4.06. The van der Waals surface area contributed by atoms with Gasteiger partial charge in [-0.3, -0.25) is 9.36 Å². The largest absolute Gasteiger partial charge is 0.493 e. The molecule has 0 spiro atoms. The summed E-state index contributed by atoms with van der Waals surface area (Å²) in [4.78, 5) is 31.8. The second-order valence-corrected chi connectivity index (χ2v) is 8.95. The maximum Gasteiger partial charge on any atom is 0.338 e. The average molecular weight is 505 g/mol. The summed E-state index contributed by atoms with van der Waals surface area (Å²) in [5, 5.41) is 0. The smallest absolute Gasteiger partial charge is 0.338 e. The third kappa shape index (κ3) is 5.04. The summed E-state index contributed by atoms with van der Waals surface area (Å²) in [6, 6.07) is 14.5. The Bertz CT molecular complexity index is 1500. The molecule has 1 aromatic heterocycles. The van der Waals surface area contributed by atoms with Crippen LogP contribution in [0.3, 0.4) is 0 Å². The van der Waals surface area contributed by atoms with Crippen molar-refractivity contribution >= 4 is 29.5 Å². The van der Waals surface area contributed by atoms with Crippen LogP contribution in [0.25, 0.3) is 12.2 Å². The fraction of sp³-hybridized carbons (Fsp3) is 0.250. The van der Waals surface area contributed by atoms with E-state index in [1.54, 1.807) is 43.7 Å². The van der Waals surface area contributed by atoms with E-state index in [1.807, 2.05) is 55.5 Å². The van der Waals surface area contributed by atoms with Crippen LogP contribution in [0.5, 0.6) is 11.5 Å². The van der Waals surface area contributed by atoms with Gasteiger partial charge in [0.15, 0.2) is 16.3 Å². The normalized spacial score (nSPS) is 15.6. The highest BCUT2D eigenvalue weighted by molar-refractivity contribution is 7.07. The lowest BCUT2D eigenvalue weighted by Crippen LogP contribution is -2.39. The molecule has 1 unspecified atom stereocenters. The van der Waals surface area contributed by atoms with Crippen LogP contribution in [-0.2, 0) is 9.53 Å².